The summed E-state index contributed by atoms with van der Waals surface area (Å²) >= 11 is 0. The number of hydrogen-bond donors (Lipinski definition) is 0. The van der Waals surface area contributed by atoms with Crippen LogP contribution < -0.4 is 4.90 Å². The molecule has 1 aromatic rings. The van der Waals surface area contributed by atoms with Crippen molar-refractivity contribution in [2.75, 3.05) is 44.2 Å². The lowest BCUT2D eigenvalue weighted by atomic mass is 9.94. The first-order valence-electron chi connectivity index (χ1n) is 9.94. The number of nitrogens with zero attached hydrogens (tertiary/aromatic N) is 4. The van der Waals surface area contributed by atoms with Crippen molar-refractivity contribution in [3.05, 3.63) is 34.4 Å². The minimum absolute atomic E-state index is 0.0198. The summed E-state index contributed by atoms with van der Waals surface area (Å²) in [5, 5.41) is 11.3. The first-order valence-corrected chi connectivity index (χ1v) is 9.94. The van der Waals surface area contributed by atoms with Gasteiger partial charge in [0.1, 0.15) is 5.69 Å². The number of amides is 2. The molecule has 8 nitrogen and oxygen atoms in total. The normalized spacial score (nSPS) is 18.5. The Morgan fingerprint density at radius 2 is 1.57 bits per heavy atom. The number of para-hydroxylation sites is 2. The standard InChI is InChI=1S/C20H28N4O4/c1-15(2)19(25)22-11-13-23(14-12-22)20(26)16-7-9-21(10-8-16)17-5-3-4-6-18(17)24(27)28/h3-6,15-16H,7-14H2,1-2H3. The summed E-state index contributed by atoms with van der Waals surface area (Å²) in [6.07, 6.45) is 1.38. The number of carbonyl (C=O) groups is 2. The van der Waals surface area contributed by atoms with Gasteiger partial charge >= 0.3 is 0 Å². The maximum absolute atomic E-state index is 12.9. The summed E-state index contributed by atoms with van der Waals surface area (Å²) in [7, 11) is 0. The molecule has 8 heteroatoms. The van der Waals surface area contributed by atoms with Crippen LogP contribution >= 0.6 is 0 Å². The summed E-state index contributed by atoms with van der Waals surface area (Å²) in [5.41, 5.74) is 0.734. The van der Waals surface area contributed by atoms with Crippen LogP contribution in [0.2, 0.25) is 0 Å². The Labute approximate surface area is 165 Å². The molecule has 0 aromatic heterocycles. The van der Waals surface area contributed by atoms with Crippen molar-refractivity contribution in [3.63, 3.8) is 0 Å². The largest absolute Gasteiger partial charge is 0.366 e. The zero-order valence-electron chi connectivity index (χ0n) is 16.5. The molecule has 0 spiro atoms. The van der Waals surface area contributed by atoms with E-state index in [-0.39, 0.29) is 34.3 Å². The highest BCUT2D eigenvalue weighted by molar-refractivity contribution is 5.81. The van der Waals surface area contributed by atoms with Gasteiger partial charge in [0, 0.05) is 57.2 Å². The molecule has 2 saturated heterocycles. The number of benzene rings is 1. The van der Waals surface area contributed by atoms with Gasteiger partial charge in [0.2, 0.25) is 11.8 Å². The molecule has 0 N–H and O–H groups in total. The van der Waals surface area contributed by atoms with E-state index in [9.17, 15) is 19.7 Å². The Kier molecular flexibility index (Phi) is 6.16. The van der Waals surface area contributed by atoms with E-state index in [2.05, 4.69) is 0 Å². The number of piperazine rings is 1. The van der Waals surface area contributed by atoms with Crippen molar-refractivity contribution in [2.45, 2.75) is 26.7 Å². The van der Waals surface area contributed by atoms with Crippen LogP contribution in [0.3, 0.4) is 0 Å². The van der Waals surface area contributed by atoms with Gasteiger partial charge in [0.05, 0.1) is 4.92 Å². The number of rotatable bonds is 4. The lowest BCUT2D eigenvalue weighted by molar-refractivity contribution is -0.384. The first kappa shape index (κ1) is 20.1. The quantitative estimate of drug-likeness (QED) is 0.583. The maximum Gasteiger partial charge on any atom is 0.292 e. The number of nitro groups is 1. The molecule has 1 aromatic carbocycles. The number of nitro benzene ring substituents is 1. The smallest absolute Gasteiger partial charge is 0.292 e. The van der Waals surface area contributed by atoms with Crippen LogP contribution in [0, 0.1) is 22.0 Å². The Bertz CT molecular complexity index is 735. The van der Waals surface area contributed by atoms with E-state index >= 15 is 0 Å². The first-order chi connectivity index (χ1) is 13.4. The Morgan fingerprint density at radius 1 is 1.00 bits per heavy atom. The molecule has 0 aliphatic carbocycles. The van der Waals surface area contributed by atoms with Gasteiger partial charge in [-0.15, -0.1) is 0 Å². The van der Waals surface area contributed by atoms with Crippen LogP contribution in [0.25, 0.3) is 0 Å². The van der Waals surface area contributed by atoms with Gasteiger partial charge in [-0.3, -0.25) is 19.7 Å². The molecule has 0 bridgehead atoms. The molecule has 0 radical (unpaired) electrons. The molecule has 2 aliphatic heterocycles. The summed E-state index contributed by atoms with van der Waals surface area (Å²) in [5.74, 6) is 0.226. The van der Waals surface area contributed by atoms with E-state index in [0.717, 1.165) is 0 Å². The predicted molar refractivity (Wildman–Crippen MR) is 106 cm³/mol. The molecule has 152 valence electrons. The second kappa shape index (κ2) is 8.58. The molecular weight excluding hydrogens is 360 g/mol. The van der Waals surface area contributed by atoms with Gasteiger partial charge in [0.15, 0.2) is 0 Å². The van der Waals surface area contributed by atoms with E-state index in [4.69, 9.17) is 0 Å². The van der Waals surface area contributed by atoms with Crippen LogP contribution in [-0.4, -0.2) is 65.8 Å². The lowest BCUT2D eigenvalue weighted by Crippen LogP contribution is -2.53. The van der Waals surface area contributed by atoms with Crippen LogP contribution in [0.1, 0.15) is 26.7 Å². The molecule has 28 heavy (non-hydrogen) atoms. The van der Waals surface area contributed by atoms with Gasteiger partial charge in [-0.2, -0.15) is 0 Å². The van der Waals surface area contributed by atoms with Crippen LogP contribution in [0.4, 0.5) is 11.4 Å². The minimum atomic E-state index is -0.357. The SMILES string of the molecule is CC(C)C(=O)N1CCN(C(=O)C2CCN(c3ccccc3[N+](=O)[O-])CC2)CC1. The fourth-order valence-corrected chi connectivity index (χ4v) is 4.02. The number of anilines is 1. The van der Waals surface area contributed by atoms with Crippen molar-refractivity contribution < 1.29 is 14.5 Å². The van der Waals surface area contributed by atoms with Gasteiger partial charge < -0.3 is 14.7 Å². The fourth-order valence-electron chi connectivity index (χ4n) is 4.02. The highest BCUT2D eigenvalue weighted by Gasteiger charge is 2.32. The fraction of sp³-hybridized carbons (Fsp3) is 0.600. The second-order valence-electron chi connectivity index (χ2n) is 7.81. The van der Waals surface area contributed by atoms with E-state index in [1.54, 1.807) is 18.2 Å². The van der Waals surface area contributed by atoms with Crippen LogP contribution in [0.15, 0.2) is 24.3 Å². The summed E-state index contributed by atoms with van der Waals surface area (Å²) in [6, 6.07) is 6.76. The van der Waals surface area contributed by atoms with Gasteiger partial charge in [-0.05, 0) is 18.9 Å². The average Bonchev–Trinajstić information content (AvgIpc) is 2.73. The monoisotopic (exact) mass is 388 g/mol. The second-order valence-corrected chi connectivity index (χ2v) is 7.81. The maximum atomic E-state index is 12.9. The summed E-state index contributed by atoms with van der Waals surface area (Å²) in [4.78, 5) is 41.6. The summed E-state index contributed by atoms with van der Waals surface area (Å²) in [6.45, 7) is 7.41. The Hall–Kier alpha value is -2.64. The van der Waals surface area contributed by atoms with E-state index in [0.29, 0.717) is 57.8 Å². The van der Waals surface area contributed by atoms with Crippen molar-refractivity contribution in [2.24, 2.45) is 11.8 Å². The third kappa shape index (κ3) is 4.26. The topological polar surface area (TPSA) is 87.0 Å². The molecule has 3 rings (SSSR count). The Morgan fingerprint density at radius 3 is 2.14 bits per heavy atom. The lowest BCUT2D eigenvalue weighted by Gasteiger charge is -2.39. The zero-order chi connectivity index (χ0) is 20.3. The van der Waals surface area contributed by atoms with Crippen LogP contribution in [-0.2, 0) is 9.59 Å². The van der Waals surface area contributed by atoms with Gasteiger partial charge in [0.25, 0.3) is 5.69 Å². The molecule has 2 aliphatic rings. The molecule has 2 amide bonds. The van der Waals surface area contributed by atoms with Crippen molar-refractivity contribution >= 4 is 23.2 Å². The molecule has 2 heterocycles. The number of carbonyl (C=O) groups excluding carboxylic acids is 2. The third-order valence-electron chi connectivity index (χ3n) is 5.66. The van der Waals surface area contributed by atoms with Gasteiger partial charge in [-0.25, -0.2) is 0 Å². The van der Waals surface area contributed by atoms with Crippen molar-refractivity contribution in [1.29, 1.82) is 0 Å². The molecule has 0 atom stereocenters. The third-order valence-corrected chi connectivity index (χ3v) is 5.66. The molecule has 0 saturated carbocycles. The van der Waals surface area contributed by atoms with Crippen LogP contribution in [0.5, 0.6) is 0 Å². The van der Waals surface area contributed by atoms with E-state index in [1.807, 2.05) is 28.5 Å². The van der Waals surface area contributed by atoms with E-state index < -0.39 is 0 Å². The highest BCUT2D eigenvalue weighted by Crippen LogP contribution is 2.31. The van der Waals surface area contributed by atoms with Crippen molar-refractivity contribution in [1.82, 2.24) is 9.80 Å². The van der Waals surface area contributed by atoms with E-state index in [1.165, 1.54) is 6.07 Å². The molecule has 2 fully saturated rings. The van der Waals surface area contributed by atoms with Gasteiger partial charge in [-0.1, -0.05) is 26.0 Å². The molecular formula is C20H28N4O4. The van der Waals surface area contributed by atoms with Crippen molar-refractivity contribution in [3.8, 4) is 0 Å². The zero-order valence-corrected chi connectivity index (χ0v) is 16.5. The Balaban J connectivity index is 1.54. The predicted octanol–water partition coefficient (Wildman–Crippen LogP) is 2.14. The average molecular weight is 388 g/mol. The highest BCUT2D eigenvalue weighted by atomic mass is 16.6. The number of piperidine rings is 1. The minimum Gasteiger partial charge on any atom is -0.366 e. The number of hydrogen-bond acceptors (Lipinski definition) is 5. The molecule has 0 unspecified atom stereocenters. The summed E-state index contributed by atoms with van der Waals surface area (Å²) < 4.78 is 0.